The molecule has 158 valence electrons. The Morgan fingerprint density at radius 3 is 2.55 bits per heavy atom. The number of methoxy groups -OCH3 is 1. The van der Waals surface area contributed by atoms with E-state index < -0.39 is 16.0 Å². The molecule has 0 aliphatic heterocycles. The normalized spacial score (nSPS) is 11.4. The number of thiazole rings is 1. The SMILES string of the molecule is COC(=O)c1cccc(NS(=O)(=O)c2ccc3c(c2)sc(=O)n3Cc2ccccc2)c1. The van der Waals surface area contributed by atoms with Crippen molar-refractivity contribution in [3.8, 4) is 0 Å². The van der Waals surface area contributed by atoms with Gasteiger partial charge in [-0.1, -0.05) is 47.7 Å². The predicted molar refractivity (Wildman–Crippen MR) is 120 cm³/mol. The van der Waals surface area contributed by atoms with Crippen molar-refractivity contribution < 1.29 is 17.9 Å². The van der Waals surface area contributed by atoms with E-state index in [1.807, 2.05) is 30.3 Å². The minimum Gasteiger partial charge on any atom is -0.465 e. The van der Waals surface area contributed by atoms with Crippen molar-refractivity contribution >= 4 is 43.2 Å². The van der Waals surface area contributed by atoms with Crippen molar-refractivity contribution in [3.63, 3.8) is 0 Å². The molecule has 9 heteroatoms. The van der Waals surface area contributed by atoms with E-state index in [2.05, 4.69) is 9.46 Å². The number of carbonyl (C=O) groups excluding carboxylic acids is 1. The van der Waals surface area contributed by atoms with Crippen LogP contribution in [0.1, 0.15) is 15.9 Å². The highest BCUT2D eigenvalue weighted by Gasteiger charge is 2.18. The van der Waals surface area contributed by atoms with Crippen LogP contribution in [0.2, 0.25) is 0 Å². The van der Waals surface area contributed by atoms with E-state index in [1.165, 1.54) is 37.4 Å². The van der Waals surface area contributed by atoms with Gasteiger partial charge in [-0.25, -0.2) is 13.2 Å². The Hall–Kier alpha value is -3.43. The molecule has 0 amide bonds. The molecule has 0 fully saturated rings. The molecule has 0 aliphatic carbocycles. The average molecular weight is 455 g/mol. The molecule has 3 aromatic carbocycles. The van der Waals surface area contributed by atoms with Crippen molar-refractivity contribution in [1.29, 1.82) is 0 Å². The predicted octanol–water partition coefficient (Wildman–Crippen LogP) is 3.70. The fourth-order valence-corrected chi connectivity index (χ4v) is 5.25. The van der Waals surface area contributed by atoms with Crippen LogP contribution in [0.4, 0.5) is 5.69 Å². The van der Waals surface area contributed by atoms with E-state index in [0.717, 1.165) is 16.9 Å². The van der Waals surface area contributed by atoms with E-state index in [4.69, 9.17) is 0 Å². The first-order chi connectivity index (χ1) is 14.9. The Morgan fingerprint density at radius 2 is 1.81 bits per heavy atom. The first-order valence-electron chi connectivity index (χ1n) is 9.26. The van der Waals surface area contributed by atoms with Crippen molar-refractivity contribution in [2.24, 2.45) is 0 Å². The molecule has 0 aliphatic rings. The van der Waals surface area contributed by atoms with Gasteiger partial charge in [0.05, 0.1) is 34.3 Å². The maximum absolute atomic E-state index is 12.9. The van der Waals surface area contributed by atoms with Crippen molar-refractivity contribution in [3.05, 3.63) is 93.6 Å². The fourth-order valence-electron chi connectivity index (χ4n) is 3.17. The number of rotatable bonds is 6. The summed E-state index contributed by atoms with van der Waals surface area (Å²) in [4.78, 5) is 24.0. The molecule has 0 radical (unpaired) electrons. The van der Waals surface area contributed by atoms with Gasteiger partial charge in [-0.2, -0.15) is 0 Å². The molecule has 0 unspecified atom stereocenters. The molecule has 0 bridgehead atoms. The summed E-state index contributed by atoms with van der Waals surface area (Å²) in [7, 11) is -2.67. The largest absolute Gasteiger partial charge is 0.465 e. The van der Waals surface area contributed by atoms with E-state index in [0.29, 0.717) is 16.8 Å². The summed E-state index contributed by atoms with van der Waals surface area (Å²) >= 11 is 0.998. The van der Waals surface area contributed by atoms with E-state index >= 15 is 0 Å². The Bertz CT molecular complexity index is 1420. The summed E-state index contributed by atoms with van der Waals surface area (Å²) in [5.41, 5.74) is 2.12. The molecule has 1 aromatic heterocycles. The molecule has 4 rings (SSSR count). The highest BCUT2D eigenvalue weighted by Crippen LogP contribution is 2.24. The number of nitrogens with one attached hydrogen (secondary N) is 1. The smallest absolute Gasteiger partial charge is 0.337 e. The summed E-state index contributed by atoms with van der Waals surface area (Å²) < 4.78 is 35.1. The number of carbonyl (C=O) groups is 1. The number of ether oxygens (including phenoxy) is 1. The number of aromatic nitrogens is 1. The number of anilines is 1. The number of esters is 1. The van der Waals surface area contributed by atoms with Crippen LogP contribution in [0.5, 0.6) is 0 Å². The number of nitrogens with zero attached hydrogens (tertiary/aromatic N) is 1. The third kappa shape index (κ3) is 4.37. The van der Waals surface area contributed by atoms with Crippen molar-refractivity contribution in [2.45, 2.75) is 11.4 Å². The Labute approximate surface area is 182 Å². The Morgan fingerprint density at radius 1 is 1.03 bits per heavy atom. The summed E-state index contributed by atoms with van der Waals surface area (Å²) in [6.07, 6.45) is 0. The van der Waals surface area contributed by atoms with Gasteiger partial charge in [-0.15, -0.1) is 0 Å². The van der Waals surface area contributed by atoms with Gasteiger partial charge >= 0.3 is 10.8 Å². The second-order valence-electron chi connectivity index (χ2n) is 6.75. The highest BCUT2D eigenvalue weighted by atomic mass is 32.2. The molecular formula is C22H18N2O5S2. The van der Waals surface area contributed by atoms with Crippen LogP contribution in [0.3, 0.4) is 0 Å². The van der Waals surface area contributed by atoms with Crippen molar-refractivity contribution in [2.75, 3.05) is 11.8 Å². The standard InChI is InChI=1S/C22H18N2O5S2/c1-29-21(25)16-8-5-9-17(12-16)23-31(27,28)18-10-11-19-20(13-18)30-22(26)24(19)14-15-6-3-2-4-7-15/h2-13,23H,14H2,1H3. The quantitative estimate of drug-likeness (QED) is 0.448. The van der Waals surface area contributed by atoms with Gasteiger partial charge in [0.1, 0.15) is 0 Å². The lowest BCUT2D eigenvalue weighted by atomic mass is 10.2. The van der Waals surface area contributed by atoms with E-state index in [1.54, 1.807) is 16.7 Å². The van der Waals surface area contributed by atoms with Gasteiger partial charge in [-0.3, -0.25) is 14.1 Å². The van der Waals surface area contributed by atoms with Crippen LogP contribution < -0.4 is 9.60 Å². The van der Waals surface area contributed by atoms with Gasteiger partial charge in [-0.05, 0) is 42.0 Å². The Balaban J connectivity index is 1.65. The number of fused-ring (bicyclic) bond motifs is 1. The maximum atomic E-state index is 12.9. The first-order valence-corrected chi connectivity index (χ1v) is 11.6. The third-order valence-electron chi connectivity index (χ3n) is 4.67. The summed E-state index contributed by atoms with van der Waals surface area (Å²) in [5.74, 6) is -0.563. The molecule has 1 N–H and O–H groups in total. The third-order valence-corrected chi connectivity index (χ3v) is 6.99. The van der Waals surface area contributed by atoms with Gasteiger partial charge in [0.2, 0.25) is 0 Å². The van der Waals surface area contributed by atoms with Gasteiger partial charge < -0.3 is 4.74 Å². The van der Waals surface area contributed by atoms with E-state index in [-0.39, 0.29) is 21.0 Å². The van der Waals surface area contributed by atoms with Gasteiger partial charge in [0.15, 0.2) is 0 Å². The monoisotopic (exact) mass is 454 g/mol. The minimum absolute atomic E-state index is 0.0246. The zero-order chi connectivity index (χ0) is 22.0. The van der Waals surface area contributed by atoms with Crippen LogP contribution in [0, 0.1) is 0 Å². The molecule has 0 saturated heterocycles. The molecule has 0 spiro atoms. The molecule has 0 atom stereocenters. The summed E-state index contributed by atoms with van der Waals surface area (Å²) in [5, 5.41) is 0. The van der Waals surface area contributed by atoms with Crippen molar-refractivity contribution in [1.82, 2.24) is 4.57 Å². The lowest BCUT2D eigenvalue weighted by Crippen LogP contribution is -2.14. The van der Waals surface area contributed by atoms with Gasteiger partial charge in [0, 0.05) is 5.69 Å². The van der Waals surface area contributed by atoms with E-state index in [9.17, 15) is 18.0 Å². The van der Waals surface area contributed by atoms with Crippen LogP contribution in [0.15, 0.2) is 82.5 Å². The summed E-state index contributed by atoms with van der Waals surface area (Å²) in [6, 6.07) is 20.2. The maximum Gasteiger partial charge on any atom is 0.337 e. The fraction of sp³-hybridized carbons (Fsp3) is 0.0909. The van der Waals surface area contributed by atoms with Crippen LogP contribution in [0.25, 0.3) is 10.2 Å². The molecule has 7 nitrogen and oxygen atoms in total. The number of hydrogen-bond acceptors (Lipinski definition) is 6. The molecule has 0 saturated carbocycles. The molecule has 31 heavy (non-hydrogen) atoms. The van der Waals surface area contributed by atoms with Gasteiger partial charge in [0.25, 0.3) is 10.0 Å². The lowest BCUT2D eigenvalue weighted by Gasteiger charge is -2.10. The minimum atomic E-state index is -3.92. The summed E-state index contributed by atoms with van der Waals surface area (Å²) in [6.45, 7) is 0.407. The number of sulfonamides is 1. The molecular weight excluding hydrogens is 436 g/mol. The van der Waals surface area contributed by atoms with Crippen LogP contribution in [-0.4, -0.2) is 26.1 Å². The van der Waals surface area contributed by atoms with Crippen LogP contribution >= 0.6 is 11.3 Å². The lowest BCUT2D eigenvalue weighted by molar-refractivity contribution is 0.0600. The second-order valence-corrected chi connectivity index (χ2v) is 9.42. The van der Waals surface area contributed by atoms with Crippen LogP contribution in [-0.2, 0) is 21.3 Å². The topological polar surface area (TPSA) is 94.5 Å². The average Bonchev–Trinajstić information content (AvgIpc) is 3.08. The molecule has 1 heterocycles. The first kappa shape index (κ1) is 20.8. The number of benzene rings is 3. The zero-order valence-corrected chi connectivity index (χ0v) is 18.1. The number of hydrogen-bond donors (Lipinski definition) is 1. The highest BCUT2D eigenvalue weighted by molar-refractivity contribution is 7.92. The Kier molecular flexibility index (Phi) is 5.62. The second kappa shape index (κ2) is 8.37. The molecule has 4 aromatic rings. The zero-order valence-electron chi connectivity index (χ0n) is 16.4.